The van der Waals surface area contributed by atoms with E-state index in [1.54, 1.807) is 11.3 Å². The van der Waals surface area contributed by atoms with Crippen LogP contribution < -0.4 is 0 Å². The van der Waals surface area contributed by atoms with Gasteiger partial charge in [-0.3, -0.25) is 0 Å². The van der Waals surface area contributed by atoms with Crippen LogP contribution in [-0.4, -0.2) is 30.2 Å². The third kappa shape index (κ3) is 4.33. The molecule has 0 radical (unpaired) electrons. The van der Waals surface area contributed by atoms with E-state index in [9.17, 15) is 5.11 Å². The lowest BCUT2D eigenvalue weighted by Gasteiger charge is -2.24. The highest BCUT2D eigenvalue weighted by molar-refractivity contribution is 7.09. The molecule has 1 aromatic rings. The quantitative estimate of drug-likeness (QED) is 0.807. The Morgan fingerprint density at radius 3 is 2.67 bits per heavy atom. The van der Waals surface area contributed by atoms with E-state index in [-0.39, 0.29) is 6.61 Å². The molecule has 0 bridgehead atoms. The summed E-state index contributed by atoms with van der Waals surface area (Å²) in [6.45, 7) is 6.57. The minimum atomic E-state index is 0.284. The smallest absolute Gasteiger partial charge is 0.0473 e. The van der Waals surface area contributed by atoms with Gasteiger partial charge in [0.25, 0.3) is 0 Å². The van der Waals surface area contributed by atoms with E-state index in [0.29, 0.717) is 11.8 Å². The monoisotopic (exact) mass is 227 g/mol. The van der Waals surface area contributed by atoms with E-state index in [1.165, 1.54) is 4.88 Å². The van der Waals surface area contributed by atoms with E-state index in [1.807, 2.05) is 0 Å². The molecule has 0 aromatic carbocycles. The molecule has 0 saturated carbocycles. The number of nitrogens with zero attached hydrogens (tertiary/aromatic N) is 1. The molecular formula is C12H21NOS. The summed E-state index contributed by atoms with van der Waals surface area (Å²) in [5.41, 5.74) is 0. The Balaban J connectivity index is 2.37. The van der Waals surface area contributed by atoms with Crippen LogP contribution in [0.1, 0.15) is 18.7 Å². The molecule has 0 aliphatic heterocycles. The molecule has 0 aliphatic carbocycles. The third-order valence-electron chi connectivity index (χ3n) is 2.73. The van der Waals surface area contributed by atoms with Crippen LogP contribution in [0.15, 0.2) is 17.5 Å². The van der Waals surface area contributed by atoms with Gasteiger partial charge >= 0.3 is 0 Å². The maximum absolute atomic E-state index is 9.25. The van der Waals surface area contributed by atoms with E-state index in [4.69, 9.17) is 0 Å². The van der Waals surface area contributed by atoms with E-state index < -0.39 is 0 Å². The number of hydrogen-bond acceptors (Lipinski definition) is 3. The topological polar surface area (TPSA) is 23.5 Å². The van der Waals surface area contributed by atoms with Gasteiger partial charge in [-0.2, -0.15) is 0 Å². The lowest BCUT2D eigenvalue weighted by Crippen LogP contribution is -2.30. The van der Waals surface area contributed by atoms with Crippen molar-refractivity contribution in [3.05, 3.63) is 22.4 Å². The largest absolute Gasteiger partial charge is 0.396 e. The zero-order chi connectivity index (χ0) is 11.3. The molecule has 1 rings (SSSR count). The summed E-state index contributed by atoms with van der Waals surface area (Å²) in [5.74, 6) is 0.927. The normalized spacial score (nSPS) is 13.7. The molecule has 3 heteroatoms. The Hall–Kier alpha value is -0.380. The third-order valence-corrected chi connectivity index (χ3v) is 3.59. The van der Waals surface area contributed by atoms with Crippen LogP contribution in [0.4, 0.5) is 0 Å². The van der Waals surface area contributed by atoms with Crippen molar-refractivity contribution in [1.82, 2.24) is 4.90 Å². The Morgan fingerprint density at radius 1 is 1.47 bits per heavy atom. The van der Waals surface area contributed by atoms with Crippen molar-refractivity contribution >= 4 is 11.3 Å². The molecule has 15 heavy (non-hydrogen) atoms. The summed E-state index contributed by atoms with van der Waals surface area (Å²) >= 11 is 1.79. The first-order chi connectivity index (χ1) is 7.13. The number of rotatable bonds is 6. The molecular weight excluding hydrogens is 206 g/mol. The van der Waals surface area contributed by atoms with Gasteiger partial charge in [0.1, 0.15) is 0 Å². The molecule has 1 unspecified atom stereocenters. The zero-order valence-corrected chi connectivity index (χ0v) is 10.6. The standard InChI is InChI=1S/C12H21NOS/c1-10(2)11(9-14)7-13(3)8-12-5-4-6-15-12/h4-6,10-11,14H,7-9H2,1-3H3. The fourth-order valence-electron chi connectivity index (χ4n) is 1.61. The predicted molar refractivity (Wildman–Crippen MR) is 66.1 cm³/mol. The van der Waals surface area contributed by atoms with Gasteiger partial charge < -0.3 is 10.0 Å². The zero-order valence-electron chi connectivity index (χ0n) is 9.81. The molecule has 0 fully saturated rings. The van der Waals surface area contributed by atoms with Gasteiger partial charge in [0.05, 0.1) is 0 Å². The van der Waals surface area contributed by atoms with Crippen molar-refractivity contribution < 1.29 is 5.11 Å². The Kier molecular flexibility index (Phi) is 5.29. The van der Waals surface area contributed by atoms with Gasteiger partial charge in [0, 0.05) is 24.6 Å². The van der Waals surface area contributed by atoms with Crippen LogP contribution in [0.5, 0.6) is 0 Å². The molecule has 0 aliphatic rings. The first-order valence-electron chi connectivity index (χ1n) is 5.45. The number of thiophene rings is 1. The molecule has 86 valence electrons. The van der Waals surface area contributed by atoms with Gasteiger partial charge in [-0.05, 0) is 30.3 Å². The minimum Gasteiger partial charge on any atom is -0.396 e. The molecule has 1 heterocycles. The number of aliphatic hydroxyl groups excluding tert-OH is 1. The number of hydrogen-bond donors (Lipinski definition) is 1. The van der Waals surface area contributed by atoms with Crippen molar-refractivity contribution in [2.75, 3.05) is 20.2 Å². The van der Waals surface area contributed by atoms with Crippen LogP contribution in [0.3, 0.4) is 0 Å². The Labute approximate surface area is 96.5 Å². The van der Waals surface area contributed by atoms with Crippen LogP contribution >= 0.6 is 11.3 Å². The highest BCUT2D eigenvalue weighted by Crippen LogP contribution is 2.15. The average Bonchev–Trinajstić information content (AvgIpc) is 2.66. The summed E-state index contributed by atoms with van der Waals surface area (Å²) in [6.07, 6.45) is 0. The number of aliphatic hydroxyl groups is 1. The van der Waals surface area contributed by atoms with E-state index in [0.717, 1.165) is 13.1 Å². The summed E-state index contributed by atoms with van der Waals surface area (Å²) < 4.78 is 0. The van der Waals surface area contributed by atoms with Crippen LogP contribution in [0.2, 0.25) is 0 Å². The van der Waals surface area contributed by atoms with E-state index >= 15 is 0 Å². The van der Waals surface area contributed by atoms with Gasteiger partial charge in [-0.25, -0.2) is 0 Å². The SMILES string of the molecule is CC(C)C(CO)CN(C)Cc1cccs1. The molecule has 0 spiro atoms. The maximum Gasteiger partial charge on any atom is 0.0473 e. The Bertz CT molecular complexity index is 259. The van der Waals surface area contributed by atoms with E-state index in [2.05, 4.69) is 43.3 Å². The lowest BCUT2D eigenvalue weighted by atomic mass is 9.96. The second kappa shape index (κ2) is 6.26. The van der Waals surface area contributed by atoms with Gasteiger partial charge in [-0.15, -0.1) is 11.3 Å². The fourth-order valence-corrected chi connectivity index (χ4v) is 2.40. The van der Waals surface area contributed by atoms with Crippen molar-refractivity contribution in [3.8, 4) is 0 Å². The fraction of sp³-hybridized carbons (Fsp3) is 0.667. The van der Waals surface area contributed by atoms with Crippen LogP contribution in [0, 0.1) is 11.8 Å². The summed E-state index contributed by atoms with van der Waals surface area (Å²) in [6, 6.07) is 4.24. The van der Waals surface area contributed by atoms with Gasteiger partial charge in [-0.1, -0.05) is 19.9 Å². The summed E-state index contributed by atoms with van der Waals surface area (Å²) in [7, 11) is 2.12. The second-order valence-electron chi connectivity index (χ2n) is 4.46. The highest BCUT2D eigenvalue weighted by Gasteiger charge is 2.14. The van der Waals surface area contributed by atoms with Crippen molar-refractivity contribution in [2.45, 2.75) is 20.4 Å². The summed E-state index contributed by atoms with van der Waals surface area (Å²) in [4.78, 5) is 3.67. The van der Waals surface area contributed by atoms with Gasteiger partial charge in [0.2, 0.25) is 0 Å². The Morgan fingerprint density at radius 2 is 2.20 bits per heavy atom. The van der Waals surface area contributed by atoms with Crippen molar-refractivity contribution in [2.24, 2.45) is 11.8 Å². The first kappa shape index (κ1) is 12.7. The summed E-state index contributed by atoms with van der Waals surface area (Å²) in [5, 5.41) is 11.4. The molecule has 0 saturated heterocycles. The molecule has 1 N–H and O–H groups in total. The van der Waals surface area contributed by atoms with Crippen molar-refractivity contribution in [3.63, 3.8) is 0 Å². The molecule has 2 nitrogen and oxygen atoms in total. The second-order valence-corrected chi connectivity index (χ2v) is 5.50. The van der Waals surface area contributed by atoms with Gasteiger partial charge in [0.15, 0.2) is 0 Å². The lowest BCUT2D eigenvalue weighted by molar-refractivity contribution is 0.144. The first-order valence-corrected chi connectivity index (χ1v) is 6.33. The molecule has 1 atom stereocenters. The van der Waals surface area contributed by atoms with Crippen molar-refractivity contribution in [1.29, 1.82) is 0 Å². The highest BCUT2D eigenvalue weighted by atomic mass is 32.1. The maximum atomic E-state index is 9.25. The van der Waals surface area contributed by atoms with Crippen LogP contribution in [-0.2, 0) is 6.54 Å². The molecule has 0 amide bonds. The molecule has 1 aromatic heterocycles. The predicted octanol–water partition coefficient (Wildman–Crippen LogP) is 2.44. The van der Waals surface area contributed by atoms with Crippen LogP contribution in [0.25, 0.3) is 0 Å². The average molecular weight is 227 g/mol. The minimum absolute atomic E-state index is 0.284.